The summed E-state index contributed by atoms with van der Waals surface area (Å²) in [5.41, 5.74) is 1.17. The highest BCUT2D eigenvalue weighted by atomic mass is 32.2. The van der Waals surface area contributed by atoms with Gasteiger partial charge in [0.2, 0.25) is 10.3 Å². The zero-order valence-corrected chi connectivity index (χ0v) is 27.7. The van der Waals surface area contributed by atoms with Crippen molar-refractivity contribution in [1.82, 2.24) is 0 Å². The largest absolute Gasteiger partial charge is 0.289 e. The quantitative estimate of drug-likeness (QED) is 0.303. The van der Waals surface area contributed by atoms with Gasteiger partial charge in [0.05, 0.1) is 18.9 Å². The Kier molecular flexibility index (Phi) is 7.48. The summed E-state index contributed by atoms with van der Waals surface area (Å²) in [5.74, 6) is 0.0709. The van der Waals surface area contributed by atoms with E-state index in [4.69, 9.17) is 0 Å². The molecule has 1 fully saturated rings. The van der Waals surface area contributed by atoms with Crippen molar-refractivity contribution >= 4 is 50.8 Å². The maximum Gasteiger partial charge on any atom is 0.212 e. The van der Waals surface area contributed by atoms with E-state index in [9.17, 15) is 18.0 Å². The minimum atomic E-state index is -2.39. The van der Waals surface area contributed by atoms with Gasteiger partial charge in [-0.25, -0.2) is 0 Å². The van der Waals surface area contributed by atoms with Crippen LogP contribution in [0.15, 0.2) is 46.6 Å². The van der Waals surface area contributed by atoms with Crippen LogP contribution in [0.5, 0.6) is 0 Å². The number of Topliss-reactive ketones (excluding diaryl/α,β-unsaturated/α-hetero) is 2. The molecule has 0 radical (unpaired) electrons. The third-order valence-electron chi connectivity index (χ3n) is 7.31. The Morgan fingerprint density at radius 3 is 1.00 bits per heavy atom. The number of hydrogen-bond donors (Lipinski definition) is 0. The highest BCUT2D eigenvalue weighted by Gasteiger charge is 2.64. The summed E-state index contributed by atoms with van der Waals surface area (Å²) in [6, 6.07) is 0. The molecule has 7 heteroatoms. The summed E-state index contributed by atoms with van der Waals surface area (Å²) in [5, 5.41) is 1.36. The standard InChI is InChI=1S/C31H44O4S3/c1-25(2,3)19-14-30(15-20(23(19)32)26(4,5)6)31(37-29(13,36-30)18-38(34)35)16-21(27(7,8)9)24(33)22(17-31)28(10,11)12/h14-18H,1-13H3. The molecule has 0 saturated carbocycles. The van der Waals surface area contributed by atoms with Crippen molar-refractivity contribution in [2.75, 3.05) is 0 Å². The summed E-state index contributed by atoms with van der Waals surface area (Å²) in [6.45, 7) is 26.5. The van der Waals surface area contributed by atoms with Crippen LogP contribution in [0.25, 0.3) is 0 Å². The maximum absolute atomic E-state index is 13.9. The number of thioether (sulfide) groups is 2. The molecule has 3 aliphatic rings. The van der Waals surface area contributed by atoms with Crippen LogP contribution in [-0.2, 0) is 19.9 Å². The summed E-state index contributed by atoms with van der Waals surface area (Å²) < 4.78 is 21.7. The first-order valence-electron chi connectivity index (χ1n) is 13.1. The fraction of sp³-hybridized carbons (Fsp3) is 0.645. The Morgan fingerprint density at radius 1 is 0.579 bits per heavy atom. The zero-order chi connectivity index (χ0) is 29.5. The topological polar surface area (TPSA) is 68.3 Å². The predicted octanol–water partition coefficient (Wildman–Crippen LogP) is 7.40. The molecule has 0 bridgehead atoms. The van der Waals surface area contributed by atoms with Crippen LogP contribution < -0.4 is 0 Å². The number of carbonyl (C=O) groups is 2. The second kappa shape index (κ2) is 9.10. The van der Waals surface area contributed by atoms with Crippen molar-refractivity contribution in [3.05, 3.63) is 46.6 Å². The van der Waals surface area contributed by atoms with Crippen molar-refractivity contribution < 1.29 is 18.0 Å². The third-order valence-corrected chi connectivity index (χ3v) is 11.8. The second-order valence-corrected chi connectivity index (χ2v) is 19.5. The van der Waals surface area contributed by atoms with Crippen LogP contribution >= 0.6 is 23.5 Å². The van der Waals surface area contributed by atoms with E-state index in [-0.39, 0.29) is 11.6 Å². The van der Waals surface area contributed by atoms with Crippen molar-refractivity contribution in [3.8, 4) is 0 Å². The summed E-state index contributed by atoms with van der Waals surface area (Å²) in [6.07, 6.45) is 8.33. The van der Waals surface area contributed by atoms with E-state index in [1.54, 1.807) is 23.5 Å². The molecule has 0 N–H and O–H groups in total. The molecule has 0 unspecified atom stereocenters. The third kappa shape index (κ3) is 5.49. The van der Waals surface area contributed by atoms with Crippen molar-refractivity contribution in [3.63, 3.8) is 0 Å². The van der Waals surface area contributed by atoms with Crippen LogP contribution in [0.2, 0.25) is 0 Å². The molecule has 1 saturated heterocycles. The number of ketones is 2. The average Bonchev–Trinajstić information content (AvgIpc) is 2.88. The van der Waals surface area contributed by atoms with E-state index in [1.165, 1.54) is 5.37 Å². The van der Waals surface area contributed by atoms with Crippen molar-refractivity contribution in [2.24, 2.45) is 21.7 Å². The first kappa shape index (κ1) is 31.2. The van der Waals surface area contributed by atoms with Gasteiger partial charge in [-0.3, -0.25) is 9.59 Å². The van der Waals surface area contributed by atoms with E-state index in [0.29, 0.717) is 0 Å². The molecule has 0 aromatic carbocycles. The lowest BCUT2D eigenvalue weighted by atomic mass is 9.65. The Balaban J connectivity index is 2.60. The Bertz CT molecular complexity index is 1180. The molecule has 0 atom stereocenters. The number of allylic oxidation sites excluding steroid dienone is 4. The minimum absolute atomic E-state index is 0.0355. The van der Waals surface area contributed by atoms with Gasteiger partial charge >= 0.3 is 0 Å². The van der Waals surface area contributed by atoms with Gasteiger partial charge in [0, 0.05) is 22.3 Å². The lowest BCUT2D eigenvalue weighted by Gasteiger charge is -2.46. The predicted molar refractivity (Wildman–Crippen MR) is 164 cm³/mol. The first-order chi connectivity index (χ1) is 16.8. The smallest absolute Gasteiger partial charge is 0.212 e. The van der Waals surface area contributed by atoms with E-state index in [1.807, 2.05) is 90.0 Å². The fourth-order valence-corrected chi connectivity index (χ4v) is 10.4. The molecular formula is C31H44O4S3. The molecule has 210 valence electrons. The molecule has 0 aromatic rings. The minimum Gasteiger partial charge on any atom is -0.289 e. The summed E-state index contributed by atoms with van der Waals surface area (Å²) >= 11 is 3.09. The molecule has 1 aliphatic heterocycles. The summed E-state index contributed by atoms with van der Waals surface area (Å²) in [7, 11) is -2.39. The van der Waals surface area contributed by atoms with Gasteiger partial charge in [-0.1, -0.05) is 107 Å². The number of rotatable bonds is 1. The highest BCUT2D eigenvalue weighted by molar-refractivity contribution is 8.24. The van der Waals surface area contributed by atoms with E-state index >= 15 is 0 Å². The van der Waals surface area contributed by atoms with Gasteiger partial charge in [0.1, 0.15) is 0 Å². The molecule has 2 aliphatic carbocycles. The Labute approximate surface area is 239 Å². The van der Waals surface area contributed by atoms with Crippen LogP contribution in [0, 0.1) is 21.7 Å². The molecule has 0 amide bonds. The monoisotopic (exact) mass is 576 g/mol. The normalized spacial score (nSPS) is 23.2. The highest BCUT2D eigenvalue weighted by Crippen LogP contribution is 2.69. The number of fused-ring (bicyclic) bond motifs is 1. The molecule has 0 aromatic heterocycles. The summed E-state index contributed by atoms with van der Waals surface area (Å²) in [4.78, 5) is 27.8. The molecule has 2 spiro atoms. The van der Waals surface area contributed by atoms with Gasteiger partial charge in [-0.05, 0) is 28.6 Å². The van der Waals surface area contributed by atoms with Gasteiger partial charge in [-0.2, -0.15) is 8.42 Å². The Morgan fingerprint density at radius 2 is 0.816 bits per heavy atom. The number of carbonyl (C=O) groups excluding carboxylic acids is 2. The second-order valence-electron chi connectivity index (χ2n) is 15.1. The van der Waals surface area contributed by atoms with Gasteiger partial charge in [0.25, 0.3) is 0 Å². The number of hydrogen-bond acceptors (Lipinski definition) is 6. The van der Waals surface area contributed by atoms with Gasteiger partial charge in [0.15, 0.2) is 11.6 Å². The molecule has 38 heavy (non-hydrogen) atoms. The molecule has 4 nitrogen and oxygen atoms in total. The lowest BCUT2D eigenvalue weighted by Crippen LogP contribution is -2.48. The van der Waals surface area contributed by atoms with Crippen molar-refractivity contribution in [2.45, 2.75) is 104 Å². The van der Waals surface area contributed by atoms with Crippen LogP contribution in [0.1, 0.15) is 90.0 Å². The van der Waals surface area contributed by atoms with E-state index < -0.39 is 45.5 Å². The first-order valence-corrected chi connectivity index (χ1v) is 15.9. The fourth-order valence-electron chi connectivity index (χ4n) is 5.36. The molecular weight excluding hydrogens is 533 g/mol. The Hall–Kier alpha value is -1.31. The van der Waals surface area contributed by atoms with Crippen molar-refractivity contribution in [1.29, 1.82) is 0 Å². The van der Waals surface area contributed by atoms with Gasteiger partial charge in [-0.15, -0.1) is 23.5 Å². The van der Waals surface area contributed by atoms with Crippen LogP contribution in [0.4, 0.5) is 0 Å². The SMILES string of the molecule is CC1(C=S(=O)=O)SC2(C=C(C(C)(C)C)C(=O)C(C(C)(C)C)=C2)C2(C=C(C(C)(C)C)C(=O)C(C(C)(C)C)=C2)S1. The maximum atomic E-state index is 13.9. The van der Waals surface area contributed by atoms with Gasteiger partial charge < -0.3 is 0 Å². The zero-order valence-electron chi connectivity index (χ0n) is 25.2. The van der Waals surface area contributed by atoms with Crippen LogP contribution in [-0.4, -0.2) is 38.9 Å². The molecule has 1 heterocycles. The van der Waals surface area contributed by atoms with E-state index in [2.05, 4.69) is 24.3 Å². The average molecular weight is 577 g/mol. The van der Waals surface area contributed by atoms with E-state index in [0.717, 1.165) is 22.3 Å². The van der Waals surface area contributed by atoms with Crippen LogP contribution in [0.3, 0.4) is 0 Å². The lowest BCUT2D eigenvalue weighted by molar-refractivity contribution is -0.115. The molecule has 3 rings (SSSR count).